The molecule has 116 valence electrons. The molecule has 3 aromatic rings. The van der Waals surface area contributed by atoms with Crippen LogP contribution >= 0.6 is 11.3 Å². The highest BCUT2D eigenvalue weighted by molar-refractivity contribution is 7.13. The number of thiazole rings is 1. The van der Waals surface area contributed by atoms with Gasteiger partial charge in [-0.3, -0.25) is 10.1 Å². The van der Waals surface area contributed by atoms with Crippen LogP contribution in [0.1, 0.15) is 6.92 Å². The standard InChI is InChI=1S/C16H13N3O3S/c1-2-22-15-9-12(7-8-17-15)16-18-14(10-23-16)11-3-5-13(6-4-11)19(20)21/h3-10H,2H2,1H3. The smallest absolute Gasteiger partial charge is 0.269 e. The number of hydrogen-bond acceptors (Lipinski definition) is 6. The van der Waals surface area contributed by atoms with Gasteiger partial charge in [-0.1, -0.05) is 0 Å². The summed E-state index contributed by atoms with van der Waals surface area (Å²) in [7, 11) is 0. The zero-order valence-electron chi connectivity index (χ0n) is 12.3. The third-order valence-electron chi connectivity index (χ3n) is 3.15. The van der Waals surface area contributed by atoms with Gasteiger partial charge < -0.3 is 4.74 Å². The number of aromatic nitrogens is 2. The van der Waals surface area contributed by atoms with E-state index in [4.69, 9.17) is 4.74 Å². The van der Waals surface area contributed by atoms with Crippen LogP contribution in [0.15, 0.2) is 48.0 Å². The highest BCUT2D eigenvalue weighted by Crippen LogP contribution is 2.30. The summed E-state index contributed by atoms with van der Waals surface area (Å²) in [4.78, 5) is 19.0. The number of pyridine rings is 1. The Hall–Kier alpha value is -2.80. The van der Waals surface area contributed by atoms with Crippen LogP contribution in [0, 0.1) is 10.1 Å². The number of ether oxygens (including phenoxy) is 1. The van der Waals surface area contributed by atoms with Crippen molar-refractivity contribution in [2.24, 2.45) is 0 Å². The first-order valence-electron chi connectivity index (χ1n) is 6.97. The second kappa shape index (κ2) is 6.53. The monoisotopic (exact) mass is 327 g/mol. The first-order valence-corrected chi connectivity index (χ1v) is 7.85. The number of nitrogens with zero attached hydrogens (tertiary/aromatic N) is 3. The van der Waals surface area contributed by atoms with Crippen LogP contribution in [-0.2, 0) is 0 Å². The molecule has 0 fully saturated rings. The number of rotatable bonds is 5. The predicted molar refractivity (Wildman–Crippen MR) is 88.6 cm³/mol. The van der Waals surface area contributed by atoms with Crippen molar-refractivity contribution in [1.29, 1.82) is 0 Å². The molecule has 7 heteroatoms. The van der Waals surface area contributed by atoms with Gasteiger partial charge in [0.15, 0.2) is 0 Å². The van der Waals surface area contributed by atoms with Crippen molar-refractivity contribution >= 4 is 17.0 Å². The van der Waals surface area contributed by atoms with Gasteiger partial charge >= 0.3 is 0 Å². The zero-order chi connectivity index (χ0) is 16.2. The topological polar surface area (TPSA) is 78.2 Å². The molecule has 0 spiro atoms. The number of nitro groups is 1. The van der Waals surface area contributed by atoms with E-state index >= 15 is 0 Å². The molecule has 0 saturated carbocycles. The maximum atomic E-state index is 10.7. The SMILES string of the molecule is CCOc1cc(-c2nc(-c3ccc([N+](=O)[O-])cc3)cs2)ccn1. The molecule has 0 radical (unpaired) electrons. The van der Waals surface area contributed by atoms with Gasteiger partial charge in [0.2, 0.25) is 5.88 Å². The van der Waals surface area contributed by atoms with Gasteiger partial charge in [-0.2, -0.15) is 0 Å². The molecular weight excluding hydrogens is 314 g/mol. The van der Waals surface area contributed by atoms with E-state index in [-0.39, 0.29) is 5.69 Å². The van der Waals surface area contributed by atoms with Crippen LogP contribution in [0.25, 0.3) is 21.8 Å². The summed E-state index contributed by atoms with van der Waals surface area (Å²) in [6.07, 6.45) is 1.69. The summed E-state index contributed by atoms with van der Waals surface area (Å²) in [5, 5.41) is 13.5. The largest absolute Gasteiger partial charge is 0.478 e. The zero-order valence-corrected chi connectivity index (χ0v) is 13.1. The van der Waals surface area contributed by atoms with E-state index in [2.05, 4.69) is 9.97 Å². The van der Waals surface area contributed by atoms with Gasteiger partial charge in [0.05, 0.1) is 17.2 Å². The molecule has 0 aliphatic rings. The highest BCUT2D eigenvalue weighted by atomic mass is 32.1. The Kier molecular flexibility index (Phi) is 4.29. The van der Waals surface area contributed by atoms with Crippen LogP contribution in [-0.4, -0.2) is 21.5 Å². The van der Waals surface area contributed by atoms with Crippen LogP contribution in [0.2, 0.25) is 0 Å². The van der Waals surface area contributed by atoms with Gasteiger partial charge in [0.25, 0.3) is 5.69 Å². The molecule has 0 bridgehead atoms. The molecule has 6 nitrogen and oxygen atoms in total. The molecule has 1 aromatic carbocycles. The fourth-order valence-corrected chi connectivity index (χ4v) is 2.89. The van der Waals surface area contributed by atoms with Gasteiger partial charge in [-0.25, -0.2) is 9.97 Å². The fourth-order valence-electron chi connectivity index (χ4n) is 2.06. The molecule has 0 amide bonds. The van der Waals surface area contributed by atoms with Crippen molar-refractivity contribution in [2.75, 3.05) is 6.61 Å². The van der Waals surface area contributed by atoms with E-state index < -0.39 is 4.92 Å². The van der Waals surface area contributed by atoms with Crippen molar-refractivity contribution in [3.05, 3.63) is 58.1 Å². The lowest BCUT2D eigenvalue weighted by Crippen LogP contribution is -1.93. The highest BCUT2D eigenvalue weighted by Gasteiger charge is 2.10. The molecular formula is C16H13N3O3S. The summed E-state index contributed by atoms with van der Waals surface area (Å²) >= 11 is 1.51. The van der Waals surface area contributed by atoms with E-state index in [1.54, 1.807) is 18.3 Å². The van der Waals surface area contributed by atoms with Gasteiger partial charge in [-0.15, -0.1) is 11.3 Å². The van der Waals surface area contributed by atoms with E-state index in [1.807, 2.05) is 24.4 Å². The van der Waals surface area contributed by atoms with Crippen LogP contribution in [0.4, 0.5) is 5.69 Å². The van der Waals surface area contributed by atoms with Crippen LogP contribution in [0.5, 0.6) is 5.88 Å². The molecule has 0 atom stereocenters. The average Bonchev–Trinajstić information content (AvgIpc) is 3.05. The minimum Gasteiger partial charge on any atom is -0.478 e. The minimum atomic E-state index is -0.414. The molecule has 0 unspecified atom stereocenters. The summed E-state index contributed by atoms with van der Waals surface area (Å²) in [6.45, 7) is 2.47. The number of non-ortho nitro benzene ring substituents is 1. The summed E-state index contributed by atoms with van der Waals surface area (Å²) in [5.74, 6) is 0.567. The Bertz CT molecular complexity index is 831. The molecule has 3 rings (SSSR count). The predicted octanol–water partition coefficient (Wildman–Crippen LogP) is 4.18. The van der Waals surface area contributed by atoms with E-state index in [1.165, 1.54) is 23.5 Å². The summed E-state index contributed by atoms with van der Waals surface area (Å²) < 4.78 is 5.40. The maximum Gasteiger partial charge on any atom is 0.269 e. The molecule has 2 heterocycles. The molecule has 23 heavy (non-hydrogen) atoms. The van der Waals surface area contributed by atoms with Crippen LogP contribution < -0.4 is 4.74 Å². The van der Waals surface area contributed by atoms with Crippen LogP contribution in [0.3, 0.4) is 0 Å². The lowest BCUT2D eigenvalue weighted by molar-refractivity contribution is -0.384. The Morgan fingerprint density at radius 3 is 2.70 bits per heavy atom. The Balaban J connectivity index is 1.88. The lowest BCUT2D eigenvalue weighted by Gasteiger charge is -2.02. The second-order valence-corrected chi connectivity index (χ2v) is 5.52. The van der Waals surface area contributed by atoms with Crippen molar-refractivity contribution in [2.45, 2.75) is 6.92 Å². The number of benzene rings is 1. The molecule has 0 saturated heterocycles. The normalized spacial score (nSPS) is 10.5. The number of nitro benzene ring substituents is 1. The first-order chi connectivity index (χ1) is 11.2. The van der Waals surface area contributed by atoms with Crippen molar-refractivity contribution in [3.63, 3.8) is 0 Å². The molecule has 2 aromatic heterocycles. The second-order valence-electron chi connectivity index (χ2n) is 4.66. The van der Waals surface area contributed by atoms with E-state index in [0.29, 0.717) is 12.5 Å². The average molecular weight is 327 g/mol. The molecule has 0 N–H and O–H groups in total. The van der Waals surface area contributed by atoms with E-state index in [9.17, 15) is 10.1 Å². The molecule has 0 aliphatic carbocycles. The van der Waals surface area contributed by atoms with Crippen molar-refractivity contribution < 1.29 is 9.66 Å². The maximum absolute atomic E-state index is 10.7. The minimum absolute atomic E-state index is 0.0692. The summed E-state index contributed by atoms with van der Waals surface area (Å²) in [6, 6.07) is 10.1. The van der Waals surface area contributed by atoms with E-state index in [0.717, 1.165) is 21.8 Å². The number of hydrogen-bond donors (Lipinski definition) is 0. The quantitative estimate of drug-likeness (QED) is 0.519. The Morgan fingerprint density at radius 2 is 2.00 bits per heavy atom. The first kappa shape index (κ1) is 15.1. The van der Waals surface area contributed by atoms with Crippen molar-refractivity contribution in [1.82, 2.24) is 9.97 Å². The summed E-state index contributed by atoms with van der Waals surface area (Å²) in [5.41, 5.74) is 2.63. The Labute approximate surface area is 136 Å². The molecule has 0 aliphatic heterocycles. The van der Waals surface area contributed by atoms with Gasteiger partial charge in [-0.05, 0) is 25.1 Å². The third kappa shape index (κ3) is 3.35. The lowest BCUT2D eigenvalue weighted by atomic mass is 10.1. The van der Waals surface area contributed by atoms with Gasteiger partial charge in [0, 0.05) is 40.9 Å². The van der Waals surface area contributed by atoms with Crippen molar-refractivity contribution in [3.8, 4) is 27.7 Å². The third-order valence-corrected chi connectivity index (χ3v) is 4.04. The van der Waals surface area contributed by atoms with Gasteiger partial charge in [0.1, 0.15) is 5.01 Å². The Morgan fingerprint density at radius 1 is 1.22 bits per heavy atom. The fraction of sp³-hybridized carbons (Fsp3) is 0.125.